The summed E-state index contributed by atoms with van der Waals surface area (Å²) < 4.78 is 0. The van der Waals surface area contributed by atoms with Crippen LogP contribution in [0, 0.1) is 17.8 Å². The second-order valence-corrected chi connectivity index (χ2v) is 6.79. The van der Waals surface area contributed by atoms with Gasteiger partial charge in [0, 0.05) is 11.9 Å². The van der Waals surface area contributed by atoms with Crippen LogP contribution in [0.2, 0.25) is 0 Å². The molecule has 0 saturated heterocycles. The highest BCUT2D eigenvalue weighted by Crippen LogP contribution is 2.39. The van der Waals surface area contributed by atoms with E-state index in [1.807, 2.05) is 6.20 Å². The number of aromatic nitrogens is 2. The number of rotatable bonds is 7. The van der Waals surface area contributed by atoms with Crippen LogP contribution >= 0.6 is 0 Å². The van der Waals surface area contributed by atoms with Crippen LogP contribution in [0.3, 0.4) is 0 Å². The molecule has 1 aromatic rings. The number of hydrogen-bond donors (Lipinski definition) is 1. The molecule has 0 spiro atoms. The highest BCUT2D eigenvalue weighted by molar-refractivity contribution is 5.05. The van der Waals surface area contributed by atoms with E-state index in [4.69, 9.17) is 0 Å². The van der Waals surface area contributed by atoms with Gasteiger partial charge in [0.1, 0.15) is 0 Å². The van der Waals surface area contributed by atoms with Gasteiger partial charge in [0.05, 0.1) is 6.33 Å². The average Bonchev–Trinajstić information content (AvgIpc) is 3.21. The van der Waals surface area contributed by atoms with E-state index in [0.29, 0.717) is 0 Å². The number of aromatic amines is 1. The molecule has 0 radical (unpaired) electrons. The predicted octanol–water partition coefficient (Wildman–Crippen LogP) is 4.90. The third kappa shape index (κ3) is 4.22. The summed E-state index contributed by atoms with van der Waals surface area (Å²) in [4.78, 5) is 7.38. The fraction of sp³-hybridized carbons (Fsp3) is 0.722. The van der Waals surface area contributed by atoms with E-state index >= 15 is 0 Å². The summed E-state index contributed by atoms with van der Waals surface area (Å²) in [7, 11) is 0. The maximum absolute atomic E-state index is 4.13. The van der Waals surface area contributed by atoms with Crippen molar-refractivity contribution in [2.45, 2.75) is 64.2 Å². The van der Waals surface area contributed by atoms with Crippen molar-refractivity contribution in [2.75, 3.05) is 0 Å². The number of nitrogens with zero attached hydrogens (tertiary/aromatic N) is 1. The molecule has 3 rings (SSSR count). The van der Waals surface area contributed by atoms with Crippen LogP contribution in [0.1, 0.15) is 63.5 Å². The molecular weight excluding hydrogens is 244 g/mol. The molecule has 2 aliphatic rings. The van der Waals surface area contributed by atoms with E-state index in [1.54, 1.807) is 6.33 Å². The maximum Gasteiger partial charge on any atom is 0.0921 e. The van der Waals surface area contributed by atoms with Crippen molar-refractivity contribution in [3.63, 3.8) is 0 Å². The molecule has 110 valence electrons. The summed E-state index contributed by atoms with van der Waals surface area (Å²) in [5.74, 6) is 2.69. The summed E-state index contributed by atoms with van der Waals surface area (Å²) in [6.07, 6.45) is 22.8. The van der Waals surface area contributed by atoms with Crippen molar-refractivity contribution < 1.29 is 0 Å². The molecule has 1 N–H and O–H groups in total. The molecule has 0 aromatic carbocycles. The lowest BCUT2D eigenvalue weighted by atomic mass is 9.86. The molecule has 0 unspecified atom stereocenters. The van der Waals surface area contributed by atoms with Gasteiger partial charge in [0.2, 0.25) is 0 Å². The van der Waals surface area contributed by atoms with Crippen molar-refractivity contribution >= 4 is 0 Å². The number of allylic oxidation sites excluding steroid dienone is 2. The van der Waals surface area contributed by atoms with Gasteiger partial charge in [0.25, 0.3) is 0 Å². The standard InChI is InChI=1S/C18H28N2/c1-2-6-15(7-3-1)8-4-5-9-17(16-10-11-16)12-18-13-19-14-20-18/h5,9,13-17H,1-4,6-8,10-12H2,(H,19,20)/b9-5-/t17-/m0/s1. The summed E-state index contributed by atoms with van der Waals surface area (Å²) >= 11 is 0. The molecule has 0 amide bonds. The van der Waals surface area contributed by atoms with Crippen LogP contribution in [0.15, 0.2) is 24.7 Å². The molecule has 20 heavy (non-hydrogen) atoms. The fourth-order valence-corrected chi connectivity index (χ4v) is 3.65. The SMILES string of the molecule is C(=C/[C@@H](Cc1cnc[nH]1)C1CC1)/CCC1CCCCC1. The van der Waals surface area contributed by atoms with Crippen LogP contribution in [0.25, 0.3) is 0 Å². The van der Waals surface area contributed by atoms with Crippen molar-refractivity contribution in [3.8, 4) is 0 Å². The number of nitrogens with one attached hydrogen (secondary N) is 1. The van der Waals surface area contributed by atoms with Crippen molar-refractivity contribution in [2.24, 2.45) is 17.8 Å². The smallest absolute Gasteiger partial charge is 0.0921 e. The zero-order valence-electron chi connectivity index (χ0n) is 12.6. The van der Waals surface area contributed by atoms with E-state index in [1.165, 1.54) is 63.5 Å². The van der Waals surface area contributed by atoms with Crippen molar-refractivity contribution in [3.05, 3.63) is 30.4 Å². The molecular formula is C18H28N2. The highest BCUT2D eigenvalue weighted by Gasteiger charge is 2.29. The Balaban J connectivity index is 1.42. The first-order chi connectivity index (χ1) is 9.92. The molecule has 0 bridgehead atoms. The van der Waals surface area contributed by atoms with E-state index in [-0.39, 0.29) is 0 Å². The van der Waals surface area contributed by atoms with Crippen LogP contribution in [0.5, 0.6) is 0 Å². The van der Waals surface area contributed by atoms with Gasteiger partial charge in [-0.25, -0.2) is 4.98 Å². The molecule has 2 heteroatoms. The van der Waals surface area contributed by atoms with Gasteiger partial charge in [-0.1, -0.05) is 44.3 Å². The lowest BCUT2D eigenvalue weighted by molar-refractivity contribution is 0.341. The normalized spacial score (nSPS) is 22.4. The lowest BCUT2D eigenvalue weighted by Crippen LogP contribution is -2.06. The Hall–Kier alpha value is -1.05. The Bertz CT molecular complexity index is 397. The maximum atomic E-state index is 4.13. The minimum absolute atomic E-state index is 0.738. The van der Waals surface area contributed by atoms with Crippen LogP contribution in [-0.2, 0) is 6.42 Å². The number of imidazole rings is 1. The summed E-state index contributed by atoms with van der Waals surface area (Å²) in [6, 6.07) is 0. The fourth-order valence-electron chi connectivity index (χ4n) is 3.65. The Morgan fingerprint density at radius 1 is 1.20 bits per heavy atom. The Morgan fingerprint density at radius 3 is 2.75 bits per heavy atom. The van der Waals surface area contributed by atoms with Crippen LogP contribution < -0.4 is 0 Å². The zero-order chi connectivity index (χ0) is 13.6. The van der Waals surface area contributed by atoms with Crippen LogP contribution in [-0.4, -0.2) is 9.97 Å². The third-order valence-electron chi connectivity index (χ3n) is 5.09. The van der Waals surface area contributed by atoms with E-state index < -0.39 is 0 Å². The molecule has 2 nitrogen and oxygen atoms in total. The molecule has 2 saturated carbocycles. The second kappa shape index (κ2) is 7.10. The molecule has 1 aromatic heterocycles. The first-order valence-corrected chi connectivity index (χ1v) is 8.56. The van der Waals surface area contributed by atoms with Gasteiger partial charge in [-0.3, -0.25) is 0 Å². The summed E-state index contributed by atoms with van der Waals surface area (Å²) in [5.41, 5.74) is 1.29. The molecule has 2 aliphatic carbocycles. The molecule has 1 heterocycles. The third-order valence-corrected chi connectivity index (χ3v) is 5.09. The van der Waals surface area contributed by atoms with Gasteiger partial charge >= 0.3 is 0 Å². The zero-order valence-corrected chi connectivity index (χ0v) is 12.6. The average molecular weight is 272 g/mol. The summed E-state index contributed by atoms with van der Waals surface area (Å²) in [6.45, 7) is 0. The summed E-state index contributed by atoms with van der Waals surface area (Å²) in [5, 5.41) is 0. The topological polar surface area (TPSA) is 28.7 Å². The Labute approximate surface area is 123 Å². The first-order valence-electron chi connectivity index (χ1n) is 8.56. The largest absolute Gasteiger partial charge is 0.348 e. The Morgan fingerprint density at radius 2 is 2.05 bits per heavy atom. The van der Waals surface area contributed by atoms with Crippen molar-refractivity contribution in [1.82, 2.24) is 9.97 Å². The Kier molecular flexibility index (Phi) is 4.94. The minimum atomic E-state index is 0.738. The first kappa shape index (κ1) is 13.9. The van der Waals surface area contributed by atoms with E-state index in [0.717, 1.165) is 24.2 Å². The van der Waals surface area contributed by atoms with Gasteiger partial charge < -0.3 is 4.98 Å². The second-order valence-electron chi connectivity index (χ2n) is 6.79. The van der Waals surface area contributed by atoms with E-state index in [9.17, 15) is 0 Å². The van der Waals surface area contributed by atoms with Gasteiger partial charge in [-0.05, 0) is 49.9 Å². The minimum Gasteiger partial charge on any atom is -0.348 e. The van der Waals surface area contributed by atoms with Gasteiger partial charge in [-0.2, -0.15) is 0 Å². The molecule has 2 fully saturated rings. The van der Waals surface area contributed by atoms with Crippen molar-refractivity contribution in [1.29, 1.82) is 0 Å². The highest BCUT2D eigenvalue weighted by atomic mass is 14.9. The lowest BCUT2D eigenvalue weighted by Gasteiger charge is -2.20. The quantitative estimate of drug-likeness (QED) is 0.703. The number of hydrogen-bond acceptors (Lipinski definition) is 1. The molecule has 0 aliphatic heterocycles. The molecule has 1 atom stereocenters. The van der Waals surface area contributed by atoms with E-state index in [2.05, 4.69) is 22.1 Å². The van der Waals surface area contributed by atoms with Crippen LogP contribution in [0.4, 0.5) is 0 Å². The van der Waals surface area contributed by atoms with Gasteiger partial charge in [0.15, 0.2) is 0 Å². The predicted molar refractivity (Wildman–Crippen MR) is 83.5 cm³/mol. The van der Waals surface area contributed by atoms with Gasteiger partial charge in [-0.15, -0.1) is 0 Å². The number of H-pyrrole nitrogens is 1. The monoisotopic (exact) mass is 272 g/mol.